The van der Waals surface area contributed by atoms with Gasteiger partial charge in [-0.05, 0) is 6.92 Å². The molecule has 0 aliphatic carbocycles. The molecular formula is C12H19NO7. The first-order chi connectivity index (χ1) is 9.15. The number of carboxylic acid groups (broad SMARTS) is 1. The Labute approximate surface area is 116 Å². The summed E-state index contributed by atoms with van der Waals surface area (Å²) < 4.78 is 14.6. The molecule has 0 unspecified atom stereocenters. The van der Waals surface area contributed by atoms with Crippen molar-refractivity contribution < 1.29 is 38.2 Å². The highest BCUT2D eigenvalue weighted by atomic mass is 16.7. The molecule has 0 bridgehead atoms. The van der Waals surface area contributed by atoms with Crippen molar-refractivity contribution in [3.05, 3.63) is 0 Å². The number of hydrogen-bond acceptors (Lipinski definition) is 7. The number of cyclic esters (lactones) is 2. The molecule has 114 valence electrons. The average Bonchev–Trinajstić information content (AvgIpc) is 2.31. The quantitative estimate of drug-likeness (QED) is 0.434. The number of esters is 1. The summed E-state index contributed by atoms with van der Waals surface area (Å²) in [6.07, 6.45) is -0.804. The third-order valence-electron chi connectivity index (χ3n) is 3.00. The first-order valence-corrected chi connectivity index (χ1v) is 6.13. The fraction of sp³-hybridized carbons (Fsp3) is 0.750. The number of rotatable bonds is 6. The van der Waals surface area contributed by atoms with E-state index in [-0.39, 0.29) is 30.8 Å². The second-order valence-corrected chi connectivity index (χ2v) is 5.71. The van der Waals surface area contributed by atoms with E-state index in [4.69, 9.17) is 4.74 Å². The molecule has 8 nitrogen and oxygen atoms in total. The minimum atomic E-state index is -1.17. The highest BCUT2D eigenvalue weighted by Gasteiger charge is 2.42. The van der Waals surface area contributed by atoms with Crippen LogP contribution in [0, 0.1) is 5.41 Å². The topological polar surface area (TPSA) is 102 Å². The van der Waals surface area contributed by atoms with Crippen molar-refractivity contribution in [1.29, 1.82) is 0 Å². The van der Waals surface area contributed by atoms with Crippen LogP contribution >= 0.6 is 0 Å². The summed E-state index contributed by atoms with van der Waals surface area (Å²) in [6.45, 7) is 1.60. The summed E-state index contributed by atoms with van der Waals surface area (Å²) in [4.78, 5) is 33.2. The third-order valence-corrected chi connectivity index (χ3v) is 3.00. The lowest BCUT2D eigenvalue weighted by Gasteiger charge is -2.32. The standard InChI is InChI=1S/C12H19NO7/c1-12(7-19-11(17)20-8-12)10(16)18-5-4-13(2,3)6-9(14)15/h4-8H2,1-3H3. The number of carbonyl (C=O) groups excluding carboxylic acids is 3. The van der Waals surface area contributed by atoms with Crippen LogP contribution in [0.4, 0.5) is 4.79 Å². The van der Waals surface area contributed by atoms with Crippen LogP contribution in [0.3, 0.4) is 0 Å². The van der Waals surface area contributed by atoms with Crippen LogP contribution in [-0.2, 0) is 23.8 Å². The maximum Gasteiger partial charge on any atom is 0.508 e. The summed E-state index contributed by atoms with van der Waals surface area (Å²) >= 11 is 0. The minimum Gasteiger partial charge on any atom is -0.544 e. The molecule has 0 saturated carbocycles. The molecule has 0 atom stereocenters. The van der Waals surface area contributed by atoms with Gasteiger partial charge in [0.15, 0.2) is 0 Å². The molecule has 1 fully saturated rings. The van der Waals surface area contributed by atoms with Crippen molar-refractivity contribution in [2.24, 2.45) is 5.41 Å². The molecule has 0 aromatic rings. The molecule has 0 amide bonds. The number of quaternary nitrogens is 1. The van der Waals surface area contributed by atoms with Gasteiger partial charge in [0.1, 0.15) is 38.3 Å². The summed E-state index contributed by atoms with van der Waals surface area (Å²) in [7, 11) is 3.38. The van der Waals surface area contributed by atoms with Crippen LogP contribution in [0.1, 0.15) is 6.92 Å². The van der Waals surface area contributed by atoms with Gasteiger partial charge in [0.2, 0.25) is 0 Å². The van der Waals surface area contributed by atoms with Crippen LogP contribution in [0.25, 0.3) is 0 Å². The molecule has 8 heteroatoms. The smallest absolute Gasteiger partial charge is 0.508 e. The molecule has 1 aliphatic heterocycles. The molecule has 1 aliphatic rings. The van der Waals surface area contributed by atoms with Gasteiger partial charge in [-0.15, -0.1) is 0 Å². The number of nitrogens with zero attached hydrogens (tertiary/aromatic N) is 1. The minimum absolute atomic E-state index is 0.0582. The lowest BCUT2D eigenvalue weighted by molar-refractivity contribution is -0.884. The number of carbonyl (C=O) groups is 3. The zero-order valence-electron chi connectivity index (χ0n) is 11.8. The first kappa shape index (κ1) is 16.2. The number of carboxylic acids is 1. The Morgan fingerprint density at radius 3 is 2.40 bits per heavy atom. The summed E-state index contributed by atoms with van der Waals surface area (Å²) in [6, 6.07) is 0. The number of ether oxygens (including phenoxy) is 3. The Morgan fingerprint density at radius 2 is 1.90 bits per heavy atom. The van der Waals surface area contributed by atoms with Crippen LogP contribution < -0.4 is 5.11 Å². The van der Waals surface area contributed by atoms with Gasteiger partial charge in [0.05, 0.1) is 20.1 Å². The van der Waals surface area contributed by atoms with Gasteiger partial charge in [-0.2, -0.15) is 0 Å². The van der Waals surface area contributed by atoms with Gasteiger partial charge in [-0.25, -0.2) is 4.79 Å². The zero-order valence-corrected chi connectivity index (χ0v) is 11.8. The van der Waals surface area contributed by atoms with Gasteiger partial charge >= 0.3 is 12.1 Å². The van der Waals surface area contributed by atoms with Crippen molar-refractivity contribution in [3.63, 3.8) is 0 Å². The number of likely N-dealkylation sites (N-methyl/N-ethyl adjacent to an activating group) is 1. The molecule has 1 heterocycles. The molecule has 0 aromatic heterocycles. The predicted octanol–water partition coefficient (Wildman–Crippen LogP) is -1.47. The van der Waals surface area contributed by atoms with Crippen LogP contribution in [-0.4, -0.2) is 69.6 Å². The van der Waals surface area contributed by atoms with Crippen molar-refractivity contribution in [2.45, 2.75) is 6.92 Å². The van der Waals surface area contributed by atoms with E-state index < -0.39 is 23.5 Å². The SMILES string of the molecule is CC1(C(=O)OCC[N+](C)(C)CC(=O)[O-])COC(=O)OC1. The number of aliphatic carboxylic acids is 1. The second kappa shape index (κ2) is 6.08. The monoisotopic (exact) mass is 289 g/mol. The third kappa shape index (κ3) is 4.69. The molecule has 0 spiro atoms. The van der Waals surface area contributed by atoms with Crippen molar-refractivity contribution in [2.75, 3.05) is 47.0 Å². The van der Waals surface area contributed by atoms with Crippen LogP contribution in [0.5, 0.6) is 0 Å². The summed E-state index contributed by atoms with van der Waals surface area (Å²) in [5.41, 5.74) is -1.03. The van der Waals surface area contributed by atoms with E-state index in [0.717, 1.165) is 0 Å². The predicted molar refractivity (Wildman–Crippen MR) is 63.2 cm³/mol. The Morgan fingerprint density at radius 1 is 1.35 bits per heavy atom. The van der Waals surface area contributed by atoms with Gasteiger partial charge in [-0.1, -0.05) is 0 Å². The fourth-order valence-corrected chi connectivity index (χ4v) is 1.63. The highest BCUT2D eigenvalue weighted by molar-refractivity contribution is 5.78. The van der Waals surface area contributed by atoms with Crippen LogP contribution in [0.2, 0.25) is 0 Å². The maximum absolute atomic E-state index is 11.9. The lowest BCUT2D eigenvalue weighted by atomic mass is 9.93. The van der Waals surface area contributed by atoms with Gasteiger partial charge in [0, 0.05) is 0 Å². The molecule has 0 N–H and O–H groups in total. The Balaban J connectivity index is 2.40. The zero-order chi connectivity index (χ0) is 15.4. The molecule has 20 heavy (non-hydrogen) atoms. The summed E-state index contributed by atoms with van der Waals surface area (Å²) in [5, 5.41) is 10.5. The van der Waals surface area contributed by atoms with Gasteiger partial charge in [-0.3, -0.25) is 4.79 Å². The molecule has 1 saturated heterocycles. The molecule has 0 aromatic carbocycles. The fourth-order valence-electron chi connectivity index (χ4n) is 1.63. The van der Waals surface area contributed by atoms with Gasteiger partial charge in [0.25, 0.3) is 0 Å². The highest BCUT2D eigenvalue weighted by Crippen LogP contribution is 2.24. The van der Waals surface area contributed by atoms with Crippen molar-refractivity contribution >= 4 is 18.1 Å². The average molecular weight is 289 g/mol. The van der Waals surface area contributed by atoms with E-state index in [2.05, 4.69) is 9.47 Å². The maximum atomic E-state index is 11.9. The second-order valence-electron chi connectivity index (χ2n) is 5.71. The normalized spacial score (nSPS) is 17.9. The molecular weight excluding hydrogens is 270 g/mol. The summed E-state index contributed by atoms with van der Waals surface area (Å²) in [5.74, 6) is -1.71. The number of hydrogen-bond donors (Lipinski definition) is 0. The van der Waals surface area contributed by atoms with E-state index in [9.17, 15) is 19.5 Å². The van der Waals surface area contributed by atoms with Crippen LogP contribution in [0.15, 0.2) is 0 Å². The van der Waals surface area contributed by atoms with E-state index in [0.29, 0.717) is 6.54 Å². The van der Waals surface area contributed by atoms with E-state index >= 15 is 0 Å². The van der Waals surface area contributed by atoms with Crippen molar-refractivity contribution in [1.82, 2.24) is 0 Å². The van der Waals surface area contributed by atoms with E-state index in [1.165, 1.54) is 0 Å². The molecule has 1 rings (SSSR count). The van der Waals surface area contributed by atoms with E-state index in [1.54, 1.807) is 21.0 Å². The Bertz CT molecular complexity index is 395. The van der Waals surface area contributed by atoms with Gasteiger partial charge < -0.3 is 28.6 Å². The first-order valence-electron chi connectivity index (χ1n) is 6.13. The lowest BCUT2D eigenvalue weighted by Crippen LogP contribution is -2.50. The largest absolute Gasteiger partial charge is 0.544 e. The molecule has 0 radical (unpaired) electrons. The Hall–Kier alpha value is -1.83. The van der Waals surface area contributed by atoms with E-state index in [1.807, 2.05) is 0 Å². The Kier molecular flexibility index (Phi) is 4.93. The van der Waals surface area contributed by atoms with Crippen molar-refractivity contribution in [3.8, 4) is 0 Å².